The molecule has 0 amide bonds. The van der Waals surface area contributed by atoms with Crippen molar-refractivity contribution < 1.29 is 0 Å². The molecule has 0 spiro atoms. The van der Waals surface area contributed by atoms with Crippen molar-refractivity contribution in [1.29, 1.82) is 0 Å². The fourth-order valence-corrected chi connectivity index (χ4v) is 7.94. The van der Waals surface area contributed by atoms with E-state index in [0.717, 1.165) is 6.04 Å². The fourth-order valence-electron chi connectivity index (χ4n) is 5.87. The Kier molecular flexibility index (Phi) is 39.0. The van der Waals surface area contributed by atoms with E-state index in [9.17, 15) is 0 Å². The molecule has 0 saturated heterocycles. The van der Waals surface area contributed by atoms with Gasteiger partial charge in [-0.15, -0.1) is 0 Å². The zero-order chi connectivity index (χ0) is 28.3. The number of hydrogen-bond donors (Lipinski definition) is 0. The molecule has 0 N–H and O–H groups in total. The first-order valence-electron chi connectivity index (χ1n) is 18.1. The summed E-state index contributed by atoms with van der Waals surface area (Å²) >= 11 is 14.3. The predicted octanol–water partition coefficient (Wildman–Crippen LogP) is 15.0. The molecule has 0 aromatic carbocycles. The van der Waals surface area contributed by atoms with Crippen LogP contribution in [0.1, 0.15) is 212 Å². The topological polar surface area (TPSA) is 0 Å². The van der Waals surface area contributed by atoms with E-state index < -0.39 is 7.42 Å². The second-order valence-electron chi connectivity index (χ2n) is 12.5. The van der Waals surface area contributed by atoms with Crippen LogP contribution >= 0.6 is 44.7 Å². The fraction of sp³-hybridized carbons (Fsp3) is 1.00. The summed E-state index contributed by atoms with van der Waals surface area (Å²) in [6, 6.07) is 1.10. The van der Waals surface area contributed by atoms with Gasteiger partial charge in [0.1, 0.15) is 0 Å². The molecule has 0 aliphatic rings. The third-order valence-electron chi connectivity index (χ3n) is 8.56. The van der Waals surface area contributed by atoms with E-state index in [1.807, 2.05) is 0 Å². The summed E-state index contributed by atoms with van der Waals surface area (Å²) < 4.78 is 1.34. The van der Waals surface area contributed by atoms with Gasteiger partial charge in [-0.3, -0.25) is 0 Å². The molecule has 39 heavy (non-hydrogen) atoms. The number of hydrogen-bond acceptors (Lipinski definition) is 0. The van der Waals surface area contributed by atoms with Gasteiger partial charge in [-0.25, -0.2) is 0 Å². The molecule has 0 rings (SSSR count). The van der Waals surface area contributed by atoms with Gasteiger partial charge in [0.2, 0.25) is 7.42 Å². The molecule has 0 bridgehead atoms. The van der Waals surface area contributed by atoms with Gasteiger partial charge in [-0.05, 0) is 16.9 Å². The lowest BCUT2D eigenvalue weighted by molar-refractivity contribution is 0.512. The Balaban J connectivity index is 3.02. The molecule has 0 unspecified atom stereocenters. The SMILES string of the molecule is Cl[SiH](Cl)CCCCCCCCCCCCCCCCCCCCCCCCCCCCCCCCCCCI. The van der Waals surface area contributed by atoms with Crippen LogP contribution in [0, 0.1) is 0 Å². The number of alkyl halides is 1. The number of rotatable bonds is 35. The quantitative estimate of drug-likeness (QED) is 0.0201. The Morgan fingerprint density at radius 1 is 0.256 bits per heavy atom. The Morgan fingerprint density at radius 2 is 0.410 bits per heavy atom. The first-order chi connectivity index (χ1) is 19.3. The summed E-state index contributed by atoms with van der Waals surface area (Å²) in [5.74, 6) is 0. The van der Waals surface area contributed by atoms with Gasteiger partial charge in [-0.1, -0.05) is 228 Å². The van der Waals surface area contributed by atoms with Gasteiger partial charge in [0.15, 0.2) is 0 Å². The van der Waals surface area contributed by atoms with Crippen LogP contribution in [0.3, 0.4) is 0 Å². The average molecular weight is 718 g/mol. The zero-order valence-corrected chi connectivity index (χ0v) is 31.3. The lowest BCUT2D eigenvalue weighted by Gasteiger charge is -2.05. The molecular formula is C35H71Cl2ISi. The minimum atomic E-state index is -1.34. The van der Waals surface area contributed by atoms with Crippen molar-refractivity contribution >= 4 is 52.2 Å². The van der Waals surface area contributed by atoms with E-state index in [2.05, 4.69) is 22.6 Å². The van der Waals surface area contributed by atoms with E-state index in [1.54, 1.807) is 0 Å². The van der Waals surface area contributed by atoms with E-state index >= 15 is 0 Å². The summed E-state index contributed by atoms with van der Waals surface area (Å²) in [6.45, 7) is 0. The first kappa shape index (κ1) is 40.5. The first-order valence-corrected chi connectivity index (χ1v) is 23.9. The van der Waals surface area contributed by atoms with Gasteiger partial charge in [0, 0.05) is 0 Å². The van der Waals surface area contributed by atoms with Crippen molar-refractivity contribution in [3.63, 3.8) is 0 Å². The van der Waals surface area contributed by atoms with Crippen LogP contribution in [0.15, 0.2) is 0 Å². The molecule has 0 atom stereocenters. The van der Waals surface area contributed by atoms with Crippen molar-refractivity contribution in [2.45, 2.75) is 218 Å². The minimum absolute atomic E-state index is 1.10. The van der Waals surface area contributed by atoms with Crippen LogP contribution in [-0.4, -0.2) is 11.8 Å². The lowest BCUT2D eigenvalue weighted by Crippen LogP contribution is -1.91. The maximum atomic E-state index is 5.91. The van der Waals surface area contributed by atoms with Crippen molar-refractivity contribution in [2.75, 3.05) is 4.43 Å². The van der Waals surface area contributed by atoms with Crippen LogP contribution in [0.4, 0.5) is 0 Å². The van der Waals surface area contributed by atoms with Gasteiger partial charge >= 0.3 is 0 Å². The molecule has 4 heteroatoms. The summed E-state index contributed by atoms with van der Waals surface area (Å²) in [4.78, 5) is 0. The molecule has 0 saturated carbocycles. The Hall–Kier alpha value is 1.53. The minimum Gasteiger partial charge on any atom is -0.150 e. The molecule has 0 fully saturated rings. The van der Waals surface area contributed by atoms with Crippen LogP contribution < -0.4 is 0 Å². The van der Waals surface area contributed by atoms with Crippen molar-refractivity contribution in [2.24, 2.45) is 0 Å². The summed E-state index contributed by atoms with van der Waals surface area (Å²) in [5, 5.41) is 0. The molecule has 0 aliphatic heterocycles. The van der Waals surface area contributed by atoms with Crippen LogP contribution in [0.5, 0.6) is 0 Å². The highest BCUT2D eigenvalue weighted by Crippen LogP contribution is 2.17. The summed E-state index contributed by atoms with van der Waals surface area (Å²) in [5.41, 5.74) is 0. The van der Waals surface area contributed by atoms with Crippen molar-refractivity contribution in [3.05, 3.63) is 0 Å². The highest BCUT2D eigenvalue weighted by molar-refractivity contribution is 14.1. The van der Waals surface area contributed by atoms with E-state index in [-0.39, 0.29) is 0 Å². The Bertz CT molecular complexity index is 421. The van der Waals surface area contributed by atoms with E-state index in [4.69, 9.17) is 22.2 Å². The van der Waals surface area contributed by atoms with Gasteiger partial charge in [-0.2, -0.15) is 22.2 Å². The molecule has 0 aromatic rings. The normalized spacial score (nSPS) is 11.7. The highest BCUT2D eigenvalue weighted by atomic mass is 127. The molecular weight excluding hydrogens is 646 g/mol. The van der Waals surface area contributed by atoms with Crippen molar-refractivity contribution in [3.8, 4) is 0 Å². The van der Waals surface area contributed by atoms with Crippen LogP contribution in [-0.2, 0) is 0 Å². The predicted molar refractivity (Wildman–Crippen MR) is 195 cm³/mol. The molecule has 0 nitrogen and oxygen atoms in total. The number of halogens is 3. The van der Waals surface area contributed by atoms with E-state index in [1.165, 1.54) is 216 Å². The standard InChI is InChI=1S/C35H71Cl2ISi/c36-39(37)35-33-31-29-27-25-23-21-19-17-15-13-11-9-7-5-3-1-2-4-6-8-10-12-14-16-18-20-22-24-26-28-30-32-34-38/h39H,1-35H2. The van der Waals surface area contributed by atoms with Crippen molar-refractivity contribution in [1.82, 2.24) is 0 Å². The maximum absolute atomic E-state index is 5.91. The second kappa shape index (κ2) is 37.6. The average Bonchev–Trinajstić information content (AvgIpc) is 2.93. The molecule has 0 radical (unpaired) electrons. The smallest absolute Gasteiger partial charge is 0.150 e. The van der Waals surface area contributed by atoms with Gasteiger partial charge in [0.25, 0.3) is 0 Å². The molecule has 0 aliphatic carbocycles. The van der Waals surface area contributed by atoms with Gasteiger partial charge < -0.3 is 0 Å². The zero-order valence-electron chi connectivity index (χ0n) is 26.5. The van der Waals surface area contributed by atoms with Gasteiger partial charge in [0.05, 0.1) is 0 Å². The number of unbranched alkanes of at least 4 members (excludes halogenated alkanes) is 32. The largest absolute Gasteiger partial charge is 0.237 e. The van der Waals surface area contributed by atoms with Crippen LogP contribution in [0.2, 0.25) is 6.04 Å². The monoisotopic (exact) mass is 716 g/mol. The Labute approximate surface area is 272 Å². The third-order valence-corrected chi connectivity index (χ3v) is 11.5. The van der Waals surface area contributed by atoms with Crippen LogP contribution in [0.25, 0.3) is 0 Å². The second-order valence-corrected chi connectivity index (χ2v) is 18.8. The highest BCUT2D eigenvalue weighted by Gasteiger charge is 2.01. The molecule has 236 valence electrons. The lowest BCUT2D eigenvalue weighted by atomic mass is 10.0. The molecule has 0 heterocycles. The summed E-state index contributed by atoms with van der Waals surface area (Å²) in [6.07, 6.45) is 48.2. The maximum Gasteiger partial charge on any atom is 0.237 e. The Morgan fingerprint density at radius 3 is 0.564 bits per heavy atom. The van der Waals surface area contributed by atoms with E-state index in [0.29, 0.717) is 0 Å². The molecule has 0 aromatic heterocycles. The third kappa shape index (κ3) is 39.5. The summed E-state index contributed by atoms with van der Waals surface area (Å²) in [7, 11) is -1.34.